The van der Waals surface area contributed by atoms with Crippen LogP contribution in [0.2, 0.25) is 0 Å². The van der Waals surface area contributed by atoms with Gasteiger partial charge in [0.15, 0.2) is 0 Å². The van der Waals surface area contributed by atoms with Crippen LogP contribution in [-0.2, 0) is 4.79 Å². The Morgan fingerprint density at radius 2 is 2.17 bits per heavy atom. The van der Waals surface area contributed by atoms with Crippen LogP contribution in [0.4, 0.5) is 5.69 Å². The van der Waals surface area contributed by atoms with E-state index in [1.54, 1.807) is 18.7 Å². The number of carbonyl (C=O) groups is 1. The number of thioether (sulfide) groups is 1. The van der Waals surface area contributed by atoms with E-state index in [1.807, 2.05) is 36.6 Å². The molecule has 2 rings (SSSR count). The quantitative estimate of drug-likeness (QED) is 0.764. The van der Waals surface area contributed by atoms with Gasteiger partial charge in [-0.15, -0.1) is 11.8 Å². The molecule has 0 saturated carbocycles. The Balaban J connectivity index is 2.46. The summed E-state index contributed by atoms with van der Waals surface area (Å²) in [5.74, 6) is -0.293. The van der Waals surface area contributed by atoms with E-state index in [1.165, 1.54) is 4.90 Å². The molecule has 0 bridgehead atoms. The maximum absolute atomic E-state index is 12.1. The summed E-state index contributed by atoms with van der Waals surface area (Å²) in [6.07, 6.45) is 1.98. The second-order valence-electron chi connectivity index (χ2n) is 3.90. The number of anilines is 1. The van der Waals surface area contributed by atoms with Gasteiger partial charge in [-0.05, 0) is 37.0 Å². The third kappa shape index (κ3) is 1.83. The highest BCUT2D eigenvalue weighted by molar-refractivity contribution is 7.98. The van der Waals surface area contributed by atoms with Crippen molar-refractivity contribution in [2.75, 3.05) is 11.2 Å². The minimum absolute atomic E-state index is 0.176. The van der Waals surface area contributed by atoms with Crippen LogP contribution in [0.3, 0.4) is 0 Å². The summed E-state index contributed by atoms with van der Waals surface area (Å²) in [6.45, 7) is 5.63. The second kappa shape index (κ2) is 4.71. The van der Waals surface area contributed by atoms with Crippen LogP contribution in [0.15, 0.2) is 52.6 Å². The van der Waals surface area contributed by atoms with E-state index in [4.69, 9.17) is 5.26 Å². The number of carbonyl (C=O) groups excluding carboxylic acids is 1. The van der Waals surface area contributed by atoms with Crippen LogP contribution in [0, 0.1) is 11.3 Å². The van der Waals surface area contributed by atoms with Gasteiger partial charge < -0.3 is 0 Å². The van der Waals surface area contributed by atoms with Crippen LogP contribution in [-0.4, -0.2) is 12.2 Å². The van der Waals surface area contributed by atoms with Crippen molar-refractivity contribution >= 4 is 23.4 Å². The molecule has 0 unspecified atom stereocenters. The highest BCUT2D eigenvalue weighted by atomic mass is 32.2. The van der Waals surface area contributed by atoms with E-state index in [-0.39, 0.29) is 11.5 Å². The zero-order valence-electron chi connectivity index (χ0n) is 10.2. The average Bonchev–Trinajstić information content (AvgIpc) is 2.60. The van der Waals surface area contributed by atoms with Gasteiger partial charge >= 0.3 is 0 Å². The molecule has 0 aromatic heterocycles. The average molecular weight is 256 g/mol. The number of hydrogen-bond acceptors (Lipinski definition) is 3. The summed E-state index contributed by atoms with van der Waals surface area (Å²) in [5.41, 5.74) is 2.16. The minimum Gasteiger partial charge on any atom is -0.277 e. The molecule has 1 amide bonds. The summed E-state index contributed by atoms with van der Waals surface area (Å²) in [5, 5.41) is 8.99. The smallest absolute Gasteiger partial charge is 0.273 e. The standard InChI is InChI=1S/C14H12N2OS/c1-9-10(2)16(14(17)13(9)8-15)11-5-4-6-12(7-11)18-3/h4-7H,2H2,1,3H3. The van der Waals surface area contributed by atoms with Gasteiger partial charge in [0.05, 0.1) is 5.69 Å². The first-order valence-corrected chi connectivity index (χ1v) is 6.61. The van der Waals surface area contributed by atoms with E-state index in [9.17, 15) is 4.79 Å². The van der Waals surface area contributed by atoms with Crippen molar-refractivity contribution in [3.05, 3.63) is 47.7 Å². The van der Waals surface area contributed by atoms with Gasteiger partial charge in [-0.25, -0.2) is 0 Å². The maximum atomic E-state index is 12.1. The first-order chi connectivity index (χ1) is 8.60. The van der Waals surface area contributed by atoms with Crippen molar-refractivity contribution in [1.29, 1.82) is 5.26 Å². The van der Waals surface area contributed by atoms with Crippen molar-refractivity contribution in [2.24, 2.45) is 0 Å². The monoisotopic (exact) mass is 256 g/mol. The highest BCUT2D eigenvalue weighted by Crippen LogP contribution is 2.33. The number of hydrogen-bond donors (Lipinski definition) is 0. The molecule has 0 N–H and O–H groups in total. The molecule has 0 spiro atoms. The fraction of sp³-hybridized carbons (Fsp3) is 0.143. The molecule has 3 nitrogen and oxygen atoms in total. The minimum atomic E-state index is -0.293. The fourth-order valence-corrected chi connectivity index (χ4v) is 2.31. The van der Waals surface area contributed by atoms with Crippen molar-refractivity contribution in [2.45, 2.75) is 11.8 Å². The summed E-state index contributed by atoms with van der Waals surface area (Å²) in [7, 11) is 0. The summed E-state index contributed by atoms with van der Waals surface area (Å²) < 4.78 is 0. The van der Waals surface area contributed by atoms with Crippen LogP contribution in [0.1, 0.15) is 6.92 Å². The molecule has 0 fully saturated rings. The molecule has 0 saturated heterocycles. The molecule has 0 radical (unpaired) electrons. The lowest BCUT2D eigenvalue weighted by atomic mass is 10.2. The molecular weight excluding hydrogens is 244 g/mol. The molecule has 1 aromatic rings. The van der Waals surface area contributed by atoms with Crippen LogP contribution < -0.4 is 4.90 Å². The normalized spacial score (nSPS) is 15.3. The lowest BCUT2D eigenvalue weighted by Gasteiger charge is -2.18. The highest BCUT2D eigenvalue weighted by Gasteiger charge is 2.32. The molecule has 1 aromatic carbocycles. The Hall–Kier alpha value is -1.99. The Kier molecular flexibility index (Phi) is 3.26. The van der Waals surface area contributed by atoms with Crippen molar-refractivity contribution < 1.29 is 4.79 Å². The van der Waals surface area contributed by atoms with Gasteiger partial charge in [-0.2, -0.15) is 5.26 Å². The van der Waals surface area contributed by atoms with E-state index in [0.717, 1.165) is 10.6 Å². The Morgan fingerprint density at radius 1 is 1.44 bits per heavy atom. The predicted octanol–water partition coefficient (Wildman–Crippen LogP) is 3.11. The third-order valence-corrected chi connectivity index (χ3v) is 3.64. The summed E-state index contributed by atoms with van der Waals surface area (Å²) >= 11 is 1.61. The topological polar surface area (TPSA) is 44.1 Å². The van der Waals surface area contributed by atoms with E-state index >= 15 is 0 Å². The van der Waals surface area contributed by atoms with E-state index < -0.39 is 0 Å². The molecule has 0 atom stereocenters. The van der Waals surface area contributed by atoms with E-state index in [2.05, 4.69) is 6.58 Å². The molecule has 18 heavy (non-hydrogen) atoms. The number of benzene rings is 1. The zero-order chi connectivity index (χ0) is 13.3. The number of nitriles is 1. The Labute approximate surface area is 110 Å². The maximum Gasteiger partial charge on any atom is 0.273 e. The van der Waals surface area contributed by atoms with Crippen LogP contribution in [0.25, 0.3) is 0 Å². The molecular formula is C14H12N2OS. The zero-order valence-corrected chi connectivity index (χ0v) is 11.0. The van der Waals surface area contributed by atoms with Crippen molar-refractivity contribution in [3.8, 4) is 6.07 Å². The Morgan fingerprint density at radius 3 is 2.72 bits per heavy atom. The number of nitrogens with zero attached hydrogens (tertiary/aromatic N) is 2. The lowest BCUT2D eigenvalue weighted by molar-refractivity contribution is -0.113. The molecule has 1 aliphatic heterocycles. The predicted molar refractivity (Wildman–Crippen MR) is 73.2 cm³/mol. The number of rotatable bonds is 2. The summed E-state index contributed by atoms with van der Waals surface area (Å²) in [6, 6.07) is 9.57. The summed E-state index contributed by atoms with van der Waals surface area (Å²) in [4.78, 5) is 14.7. The largest absolute Gasteiger partial charge is 0.277 e. The molecule has 4 heteroatoms. The van der Waals surface area contributed by atoms with Gasteiger partial charge in [0.2, 0.25) is 0 Å². The van der Waals surface area contributed by atoms with Gasteiger partial charge in [-0.3, -0.25) is 9.69 Å². The fourth-order valence-electron chi connectivity index (χ4n) is 1.86. The van der Waals surface area contributed by atoms with Gasteiger partial charge in [-0.1, -0.05) is 12.6 Å². The third-order valence-electron chi connectivity index (χ3n) is 2.92. The van der Waals surface area contributed by atoms with Gasteiger partial charge in [0.1, 0.15) is 11.6 Å². The van der Waals surface area contributed by atoms with Crippen molar-refractivity contribution in [3.63, 3.8) is 0 Å². The number of allylic oxidation sites excluding steroid dienone is 1. The van der Waals surface area contributed by atoms with Gasteiger partial charge in [0, 0.05) is 10.6 Å². The van der Waals surface area contributed by atoms with Gasteiger partial charge in [0.25, 0.3) is 5.91 Å². The number of amides is 1. The van der Waals surface area contributed by atoms with E-state index in [0.29, 0.717) is 11.3 Å². The molecule has 1 heterocycles. The molecule has 90 valence electrons. The van der Waals surface area contributed by atoms with Crippen LogP contribution in [0.5, 0.6) is 0 Å². The molecule has 0 aliphatic carbocycles. The van der Waals surface area contributed by atoms with Crippen molar-refractivity contribution in [1.82, 2.24) is 0 Å². The SMILES string of the molecule is C=C1C(C)=C(C#N)C(=O)N1c1cccc(SC)c1. The first-order valence-electron chi connectivity index (χ1n) is 5.39. The first kappa shape index (κ1) is 12.5. The second-order valence-corrected chi connectivity index (χ2v) is 4.78. The Bertz CT molecular complexity index is 610. The van der Waals surface area contributed by atoms with Crippen LogP contribution >= 0.6 is 11.8 Å². The molecule has 1 aliphatic rings. The lowest BCUT2D eigenvalue weighted by Crippen LogP contribution is -2.24.